The van der Waals surface area contributed by atoms with Crippen molar-refractivity contribution in [1.82, 2.24) is 5.32 Å². The second-order valence-corrected chi connectivity index (χ2v) is 5.44. The molecule has 2 nitrogen and oxygen atoms in total. The fourth-order valence-corrected chi connectivity index (χ4v) is 1.83. The molecule has 18 heavy (non-hydrogen) atoms. The van der Waals surface area contributed by atoms with Crippen LogP contribution in [-0.2, 0) is 0 Å². The van der Waals surface area contributed by atoms with Gasteiger partial charge in [-0.25, -0.2) is 13.2 Å². The normalized spacial score (nSPS) is 10.9. The first kappa shape index (κ1) is 15.3. The van der Waals surface area contributed by atoms with Gasteiger partial charge in [-0.1, -0.05) is 13.8 Å². The van der Waals surface area contributed by atoms with Gasteiger partial charge in [0.05, 0.1) is 3.57 Å². The molecular weight excluding hydrogens is 358 g/mol. The molecule has 0 spiro atoms. The van der Waals surface area contributed by atoms with Crippen LogP contribution in [0.25, 0.3) is 0 Å². The molecule has 1 aromatic rings. The zero-order valence-corrected chi connectivity index (χ0v) is 12.4. The number of carbonyl (C=O) groups is 1. The molecule has 1 rings (SSSR count). The number of hydrogen-bond acceptors (Lipinski definition) is 1. The van der Waals surface area contributed by atoms with Crippen LogP contribution in [-0.4, -0.2) is 12.5 Å². The molecule has 0 aromatic heterocycles. The van der Waals surface area contributed by atoms with Gasteiger partial charge in [0.1, 0.15) is 5.56 Å². The summed E-state index contributed by atoms with van der Waals surface area (Å²) in [4.78, 5) is 11.6. The summed E-state index contributed by atoms with van der Waals surface area (Å²) in [5.41, 5.74) is -0.992. The minimum atomic E-state index is -1.44. The summed E-state index contributed by atoms with van der Waals surface area (Å²) in [5, 5.41) is 2.37. The fourth-order valence-electron chi connectivity index (χ4n) is 1.33. The Morgan fingerprint density at radius 2 is 1.78 bits per heavy atom. The van der Waals surface area contributed by atoms with E-state index in [1.54, 1.807) is 22.6 Å². The third-order valence-electron chi connectivity index (χ3n) is 2.38. The Labute approximate surface area is 117 Å². The van der Waals surface area contributed by atoms with E-state index in [9.17, 15) is 18.0 Å². The molecule has 1 amide bonds. The molecular formula is C12H13F3INO. The average molecular weight is 371 g/mol. The van der Waals surface area contributed by atoms with Crippen molar-refractivity contribution in [2.45, 2.75) is 20.8 Å². The number of carbonyl (C=O) groups excluding carboxylic acids is 1. The van der Waals surface area contributed by atoms with Gasteiger partial charge in [0.2, 0.25) is 0 Å². The van der Waals surface area contributed by atoms with E-state index in [0.29, 0.717) is 0 Å². The van der Waals surface area contributed by atoms with E-state index in [1.165, 1.54) is 6.92 Å². The Morgan fingerprint density at radius 1 is 1.22 bits per heavy atom. The molecule has 0 aliphatic carbocycles. The van der Waals surface area contributed by atoms with Gasteiger partial charge in [-0.2, -0.15) is 0 Å². The van der Waals surface area contributed by atoms with Crippen LogP contribution in [0.2, 0.25) is 0 Å². The maximum Gasteiger partial charge on any atom is 0.257 e. The van der Waals surface area contributed by atoms with Gasteiger partial charge >= 0.3 is 0 Å². The van der Waals surface area contributed by atoms with Gasteiger partial charge in [-0.15, -0.1) is 0 Å². The molecule has 1 N–H and O–H groups in total. The Bertz CT molecular complexity index is 460. The third kappa shape index (κ3) is 2.96. The number of hydrogen-bond donors (Lipinski definition) is 1. The minimum absolute atomic E-state index is 0.0822. The van der Waals surface area contributed by atoms with E-state index in [-0.39, 0.29) is 21.6 Å². The molecule has 6 heteroatoms. The van der Waals surface area contributed by atoms with Gasteiger partial charge in [0.15, 0.2) is 17.5 Å². The quantitative estimate of drug-likeness (QED) is 0.641. The lowest BCUT2D eigenvalue weighted by Crippen LogP contribution is -2.29. The minimum Gasteiger partial charge on any atom is -0.352 e. The summed E-state index contributed by atoms with van der Waals surface area (Å²) in [6.07, 6.45) is 0. The fraction of sp³-hybridized carbons (Fsp3) is 0.417. The molecule has 0 aliphatic heterocycles. The van der Waals surface area contributed by atoms with Crippen molar-refractivity contribution < 1.29 is 18.0 Å². The SMILES string of the molecule is Cc1c(F)c(F)c(C(=O)NCC(C)C)c(F)c1I. The van der Waals surface area contributed by atoms with Crippen molar-refractivity contribution >= 4 is 28.5 Å². The van der Waals surface area contributed by atoms with Gasteiger partial charge in [0.25, 0.3) is 5.91 Å². The van der Waals surface area contributed by atoms with Crippen molar-refractivity contribution in [3.05, 3.63) is 32.1 Å². The topological polar surface area (TPSA) is 29.1 Å². The first-order valence-corrected chi connectivity index (χ1v) is 6.46. The van der Waals surface area contributed by atoms with Crippen molar-refractivity contribution in [2.75, 3.05) is 6.54 Å². The van der Waals surface area contributed by atoms with E-state index in [0.717, 1.165) is 0 Å². The summed E-state index contributed by atoms with van der Waals surface area (Å²) in [6.45, 7) is 5.21. The average Bonchev–Trinajstić information content (AvgIpc) is 2.31. The predicted molar refractivity (Wildman–Crippen MR) is 70.9 cm³/mol. The molecule has 0 aliphatic rings. The molecule has 0 saturated carbocycles. The maximum absolute atomic E-state index is 13.8. The first-order valence-electron chi connectivity index (χ1n) is 5.38. The van der Waals surface area contributed by atoms with E-state index in [2.05, 4.69) is 5.32 Å². The molecule has 0 fully saturated rings. The Morgan fingerprint density at radius 3 is 2.28 bits per heavy atom. The molecule has 0 heterocycles. The van der Waals surface area contributed by atoms with E-state index in [1.807, 2.05) is 13.8 Å². The van der Waals surface area contributed by atoms with Crippen LogP contribution in [0.3, 0.4) is 0 Å². The van der Waals surface area contributed by atoms with Crippen LogP contribution in [0, 0.1) is 33.9 Å². The third-order valence-corrected chi connectivity index (χ3v) is 3.66. The van der Waals surface area contributed by atoms with Crippen molar-refractivity contribution in [2.24, 2.45) is 5.92 Å². The van der Waals surface area contributed by atoms with Gasteiger partial charge in [-0.3, -0.25) is 4.79 Å². The zero-order chi connectivity index (χ0) is 14.0. The lowest BCUT2D eigenvalue weighted by molar-refractivity contribution is 0.0939. The molecule has 0 unspecified atom stereocenters. The lowest BCUT2D eigenvalue weighted by atomic mass is 10.1. The molecule has 0 radical (unpaired) electrons. The summed E-state index contributed by atoms with van der Waals surface area (Å²) >= 11 is 1.55. The molecule has 0 bridgehead atoms. The number of amides is 1. The zero-order valence-electron chi connectivity index (χ0n) is 10.2. The summed E-state index contributed by atoms with van der Waals surface area (Å²) in [7, 11) is 0. The number of rotatable bonds is 3. The van der Waals surface area contributed by atoms with E-state index < -0.39 is 28.9 Å². The Hall–Kier alpha value is -0.790. The van der Waals surface area contributed by atoms with Crippen LogP contribution >= 0.6 is 22.6 Å². The largest absolute Gasteiger partial charge is 0.352 e. The highest BCUT2D eigenvalue weighted by atomic mass is 127. The Balaban J connectivity index is 3.21. The summed E-state index contributed by atoms with van der Waals surface area (Å²) in [5.74, 6) is -4.44. The number of halogens is 4. The monoisotopic (exact) mass is 371 g/mol. The first-order chi connectivity index (χ1) is 8.27. The van der Waals surface area contributed by atoms with Crippen LogP contribution in [0.1, 0.15) is 29.8 Å². The van der Waals surface area contributed by atoms with Crippen LogP contribution in [0.5, 0.6) is 0 Å². The molecule has 0 atom stereocenters. The van der Waals surface area contributed by atoms with Gasteiger partial charge in [-0.05, 0) is 35.4 Å². The van der Waals surface area contributed by atoms with Crippen molar-refractivity contribution in [3.8, 4) is 0 Å². The molecule has 1 aromatic carbocycles. The van der Waals surface area contributed by atoms with E-state index in [4.69, 9.17) is 0 Å². The van der Waals surface area contributed by atoms with Crippen LogP contribution in [0.4, 0.5) is 13.2 Å². The smallest absolute Gasteiger partial charge is 0.257 e. The van der Waals surface area contributed by atoms with E-state index >= 15 is 0 Å². The Kier molecular flexibility index (Phi) is 5.01. The predicted octanol–water partition coefficient (Wildman–Crippen LogP) is 3.40. The van der Waals surface area contributed by atoms with Crippen molar-refractivity contribution in [3.63, 3.8) is 0 Å². The number of nitrogens with one attached hydrogen (secondary N) is 1. The highest BCUT2D eigenvalue weighted by Gasteiger charge is 2.26. The second-order valence-electron chi connectivity index (χ2n) is 4.36. The number of benzene rings is 1. The second kappa shape index (κ2) is 5.90. The van der Waals surface area contributed by atoms with Gasteiger partial charge < -0.3 is 5.32 Å². The lowest BCUT2D eigenvalue weighted by Gasteiger charge is -2.12. The van der Waals surface area contributed by atoms with Crippen LogP contribution in [0.15, 0.2) is 0 Å². The van der Waals surface area contributed by atoms with Crippen LogP contribution < -0.4 is 5.32 Å². The van der Waals surface area contributed by atoms with Gasteiger partial charge in [0, 0.05) is 12.1 Å². The highest BCUT2D eigenvalue weighted by Crippen LogP contribution is 2.25. The molecule has 0 saturated heterocycles. The summed E-state index contributed by atoms with van der Waals surface area (Å²) < 4.78 is 40.8. The summed E-state index contributed by atoms with van der Waals surface area (Å²) in [6, 6.07) is 0. The standard InChI is InChI=1S/C12H13F3INO/c1-5(2)4-17-12(18)7-9(14)8(13)6(3)11(16)10(7)15/h5H,4H2,1-3H3,(H,17,18). The molecule has 100 valence electrons. The van der Waals surface area contributed by atoms with Crippen molar-refractivity contribution in [1.29, 1.82) is 0 Å². The highest BCUT2D eigenvalue weighted by molar-refractivity contribution is 14.1. The maximum atomic E-state index is 13.8.